The quantitative estimate of drug-likeness (QED) is 0.726. The van der Waals surface area contributed by atoms with Gasteiger partial charge in [0.05, 0.1) is 7.11 Å². The summed E-state index contributed by atoms with van der Waals surface area (Å²) >= 11 is 0. The van der Waals surface area contributed by atoms with E-state index in [1.54, 1.807) is 0 Å². The molecule has 1 aromatic heterocycles. The third kappa shape index (κ3) is 4.38. The molecule has 0 amide bonds. The second-order valence-corrected chi connectivity index (χ2v) is 4.05. The Morgan fingerprint density at radius 3 is 2.47 bits per heavy atom. The molecule has 5 nitrogen and oxygen atoms in total. The second kappa shape index (κ2) is 6.18. The fourth-order valence-corrected chi connectivity index (χ4v) is 1.54. The van der Waals surface area contributed by atoms with Crippen LogP contribution in [0.1, 0.15) is 24.2 Å². The molecule has 0 N–H and O–H groups in total. The number of anilines is 1. The number of aryl methyl sites for hydroxylation is 2. The van der Waals surface area contributed by atoms with Crippen molar-refractivity contribution < 1.29 is 9.53 Å². The van der Waals surface area contributed by atoms with Gasteiger partial charge in [-0.15, -0.1) is 0 Å². The monoisotopic (exact) mass is 237 g/mol. The average Bonchev–Trinajstić information content (AvgIpc) is 2.27. The SMILES string of the molecule is COC(=O)CCCN(C)c1nc(C)cc(C)n1. The Labute approximate surface area is 102 Å². The number of carbonyl (C=O) groups is 1. The smallest absolute Gasteiger partial charge is 0.305 e. The predicted molar refractivity (Wildman–Crippen MR) is 66.0 cm³/mol. The predicted octanol–water partition coefficient (Wildman–Crippen LogP) is 1.48. The zero-order valence-corrected chi connectivity index (χ0v) is 10.9. The van der Waals surface area contributed by atoms with Crippen LogP contribution in [0.2, 0.25) is 0 Å². The summed E-state index contributed by atoms with van der Waals surface area (Å²) in [5.74, 6) is 0.520. The zero-order chi connectivity index (χ0) is 12.8. The number of methoxy groups -OCH3 is 1. The van der Waals surface area contributed by atoms with E-state index >= 15 is 0 Å². The van der Waals surface area contributed by atoms with Gasteiger partial charge >= 0.3 is 5.97 Å². The summed E-state index contributed by atoms with van der Waals surface area (Å²) in [5, 5.41) is 0. The minimum atomic E-state index is -0.181. The first kappa shape index (κ1) is 13.4. The van der Waals surface area contributed by atoms with E-state index in [9.17, 15) is 4.79 Å². The maximum Gasteiger partial charge on any atom is 0.305 e. The van der Waals surface area contributed by atoms with E-state index in [2.05, 4.69) is 14.7 Å². The number of nitrogens with zero attached hydrogens (tertiary/aromatic N) is 3. The van der Waals surface area contributed by atoms with E-state index in [1.165, 1.54) is 7.11 Å². The van der Waals surface area contributed by atoms with Crippen molar-refractivity contribution in [1.29, 1.82) is 0 Å². The molecule has 0 saturated carbocycles. The summed E-state index contributed by atoms with van der Waals surface area (Å²) in [5.41, 5.74) is 1.90. The Balaban J connectivity index is 2.52. The third-order valence-electron chi connectivity index (χ3n) is 2.41. The maximum atomic E-state index is 11.0. The Bertz CT molecular complexity index is 373. The van der Waals surface area contributed by atoms with Crippen LogP contribution in [0.5, 0.6) is 0 Å². The fraction of sp³-hybridized carbons (Fsp3) is 0.583. The number of hydrogen-bond donors (Lipinski definition) is 0. The van der Waals surface area contributed by atoms with Crippen LogP contribution >= 0.6 is 0 Å². The molecular weight excluding hydrogens is 218 g/mol. The number of esters is 1. The van der Waals surface area contributed by atoms with Gasteiger partial charge in [0.25, 0.3) is 0 Å². The maximum absolute atomic E-state index is 11.0. The molecular formula is C12H19N3O2. The van der Waals surface area contributed by atoms with Crippen molar-refractivity contribution in [3.8, 4) is 0 Å². The van der Waals surface area contributed by atoms with Crippen molar-refractivity contribution in [3.63, 3.8) is 0 Å². The molecule has 1 heterocycles. The van der Waals surface area contributed by atoms with Crippen LogP contribution in [0.3, 0.4) is 0 Å². The molecule has 0 radical (unpaired) electrons. The van der Waals surface area contributed by atoms with Gasteiger partial charge in [0.2, 0.25) is 5.95 Å². The van der Waals surface area contributed by atoms with Crippen LogP contribution in [0.4, 0.5) is 5.95 Å². The lowest BCUT2D eigenvalue weighted by Gasteiger charge is -2.17. The Morgan fingerprint density at radius 2 is 1.94 bits per heavy atom. The standard InChI is InChI=1S/C12H19N3O2/c1-9-8-10(2)14-12(13-9)15(3)7-5-6-11(16)17-4/h8H,5-7H2,1-4H3. The summed E-state index contributed by atoms with van der Waals surface area (Å²) in [7, 11) is 3.32. The van der Waals surface area contributed by atoms with Crippen molar-refractivity contribution in [2.45, 2.75) is 26.7 Å². The van der Waals surface area contributed by atoms with Crippen LogP contribution in [-0.4, -0.2) is 36.6 Å². The average molecular weight is 237 g/mol. The number of rotatable bonds is 5. The minimum Gasteiger partial charge on any atom is -0.469 e. The first-order valence-corrected chi connectivity index (χ1v) is 5.63. The van der Waals surface area contributed by atoms with Crippen LogP contribution < -0.4 is 4.90 Å². The van der Waals surface area contributed by atoms with E-state index in [1.807, 2.05) is 31.9 Å². The van der Waals surface area contributed by atoms with Crippen molar-refractivity contribution in [1.82, 2.24) is 9.97 Å². The van der Waals surface area contributed by atoms with Crippen molar-refractivity contribution in [3.05, 3.63) is 17.5 Å². The molecule has 0 aromatic carbocycles. The molecule has 0 spiro atoms. The number of carbonyl (C=O) groups excluding carboxylic acids is 1. The molecule has 17 heavy (non-hydrogen) atoms. The normalized spacial score (nSPS) is 10.1. The highest BCUT2D eigenvalue weighted by Crippen LogP contribution is 2.09. The molecule has 5 heteroatoms. The molecule has 0 fully saturated rings. The van der Waals surface area contributed by atoms with Gasteiger partial charge in [-0.05, 0) is 26.3 Å². The van der Waals surface area contributed by atoms with Gasteiger partial charge in [-0.1, -0.05) is 0 Å². The van der Waals surface area contributed by atoms with Crippen molar-refractivity contribution in [2.75, 3.05) is 25.6 Å². The van der Waals surface area contributed by atoms with E-state index in [0.717, 1.165) is 24.4 Å². The van der Waals surface area contributed by atoms with Crippen LogP contribution in [0, 0.1) is 13.8 Å². The minimum absolute atomic E-state index is 0.181. The summed E-state index contributed by atoms with van der Waals surface area (Å²) < 4.78 is 4.59. The van der Waals surface area contributed by atoms with Gasteiger partial charge in [-0.2, -0.15) is 0 Å². The van der Waals surface area contributed by atoms with Crippen molar-refractivity contribution in [2.24, 2.45) is 0 Å². The van der Waals surface area contributed by atoms with E-state index in [0.29, 0.717) is 12.4 Å². The summed E-state index contributed by atoms with van der Waals surface area (Å²) in [6.45, 7) is 4.62. The molecule has 1 rings (SSSR count). The zero-order valence-electron chi connectivity index (χ0n) is 10.9. The van der Waals surface area contributed by atoms with E-state index < -0.39 is 0 Å². The molecule has 0 aliphatic heterocycles. The van der Waals surface area contributed by atoms with Gasteiger partial charge in [0.1, 0.15) is 0 Å². The molecule has 1 aromatic rings. The molecule has 0 saturated heterocycles. The number of aromatic nitrogens is 2. The van der Waals surface area contributed by atoms with Crippen LogP contribution in [-0.2, 0) is 9.53 Å². The molecule has 0 unspecified atom stereocenters. The summed E-state index contributed by atoms with van der Waals surface area (Å²) in [4.78, 5) is 21.6. The molecule has 94 valence electrons. The highest BCUT2D eigenvalue weighted by Gasteiger charge is 2.07. The topological polar surface area (TPSA) is 55.3 Å². The summed E-state index contributed by atoms with van der Waals surface area (Å²) in [6, 6.07) is 1.94. The lowest BCUT2D eigenvalue weighted by Crippen LogP contribution is -2.22. The highest BCUT2D eigenvalue weighted by molar-refractivity contribution is 5.69. The van der Waals surface area contributed by atoms with Gasteiger partial charge in [-0.3, -0.25) is 4.79 Å². The van der Waals surface area contributed by atoms with Gasteiger partial charge in [0.15, 0.2) is 0 Å². The van der Waals surface area contributed by atoms with Gasteiger partial charge in [0, 0.05) is 31.4 Å². The first-order chi connectivity index (χ1) is 8.02. The van der Waals surface area contributed by atoms with Crippen LogP contribution in [0.15, 0.2) is 6.07 Å². The largest absolute Gasteiger partial charge is 0.469 e. The lowest BCUT2D eigenvalue weighted by molar-refractivity contribution is -0.140. The van der Waals surface area contributed by atoms with E-state index in [4.69, 9.17) is 0 Å². The van der Waals surface area contributed by atoms with Gasteiger partial charge in [-0.25, -0.2) is 9.97 Å². The van der Waals surface area contributed by atoms with E-state index in [-0.39, 0.29) is 5.97 Å². The fourth-order valence-electron chi connectivity index (χ4n) is 1.54. The van der Waals surface area contributed by atoms with Gasteiger partial charge < -0.3 is 9.64 Å². The summed E-state index contributed by atoms with van der Waals surface area (Å²) in [6.07, 6.45) is 1.16. The van der Waals surface area contributed by atoms with Crippen LogP contribution in [0.25, 0.3) is 0 Å². The molecule has 0 aliphatic rings. The van der Waals surface area contributed by atoms with Crippen molar-refractivity contribution >= 4 is 11.9 Å². The Morgan fingerprint density at radius 1 is 1.35 bits per heavy atom. The second-order valence-electron chi connectivity index (χ2n) is 4.05. The molecule has 0 aliphatic carbocycles. The Hall–Kier alpha value is -1.65. The third-order valence-corrected chi connectivity index (χ3v) is 2.41. The number of hydrogen-bond acceptors (Lipinski definition) is 5. The Kier molecular flexibility index (Phi) is 4.87. The lowest BCUT2D eigenvalue weighted by atomic mass is 10.3. The number of ether oxygens (including phenoxy) is 1. The highest BCUT2D eigenvalue weighted by atomic mass is 16.5. The first-order valence-electron chi connectivity index (χ1n) is 5.63. The molecule has 0 atom stereocenters. The molecule has 0 bridgehead atoms.